The van der Waals surface area contributed by atoms with Gasteiger partial charge < -0.3 is 15.6 Å². The molecule has 0 aromatic carbocycles. The van der Waals surface area contributed by atoms with Crippen LogP contribution in [0.5, 0.6) is 0 Å². The van der Waals surface area contributed by atoms with Gasteiger partial charge >= 0.3 is 5.97 Å². The van der Waals surface area contributed by atoms with Gasteiger partial charge in [-0.15, -0.1) is 11.3 Å². The predicted molar refractivity (Wildman–Crippen MR) is 77.9 cm³/mol. The number of carboxylic acid groups (broad SMARTS) is 1. The topological polar surface area (TPSA) is 85.4 Å². The molecule has 0 radical (unpaired) electrons. The molecule has 2 rings (SSSR count). The van der Waals surface area contributed by atoms with Crippen LogP contribution in [0.25, 0.3) is 0 Å². The maximum absolute atomic E-state index is 11.3. The van der Waals surface area contributed by atoms with E-state index in [-0.39, 0.29) is 11.5 Å². The average Bonchev–Trinajstić information content (AvgIpc) is 2.85. The minimum absolute atomic E-state index is 0.214. The molecule has 6 heteroatoms. The third-order valence-electron chi connectivity index (χ3n) is 4.17. The molecule has 3 N–H and O–H groups in total. The van der Waals surface area contributed by atoms with Crippen molar-refractivity contribution in [3.8, 4) is 0 Å². The number of nitrogens with zero attached hydrogens (tertiary/aromatic N) is 1. The molecule has 0 saturated heterocycles. The van der Waals surface area contributed by atoms with E-state index in [1.54, 1.807) is 0 Å². The van der Waals surface area contributed by atoms with Crippen molar-refractivity contribution in [2.45, 2.75) is 51.2 Å². The zero-order chi connectivity index (χ0) is 14.8. The van der Waals surface area contributed by atoms with Crippen LogP contribution in [0.15, 0.2) is 0 Å². The second kappa shape index (κ2) is 6.20. The highest BCUT2D eigenvalue weighted by atomic mass is 32.1. The summed E-state index contributed by atoms with van der Waals surface area (Å²) < 4.78 is 5.03. The third-order valence-corrected chi connectivity index (χ3v) is 5.48. The van der Waals surface area contributed by atoms with Gasteiger partial charge in [-0.1, -0.05) is 13.3 Å². The number of carboxylic acids is 1. The molecule has 0 bridgehead atoms. The van der Waals surface area contributed by atoms with Crippen LogP contribution in [0.4, 0.5) is 0 Å². The summed E-state index contributed by atoms with van der Waals surface area (Å²) in [5, 5.41) is 9.99. The van der Waals surface area contributed by atoms with E-state index in [4.69, 9.17) is 10.5 Å². The summed E-state index contributed by atoms with van der Waals surface area (Å²) in [6, 6.07) is 0. The third kappa shape index (κ3) is 3.02. The van der Waals surface area contributed by atoms with Gasteiger partial charge in [-0.3, -0.25) is 0 Å². The number of aromatic carboxylic acids is 1. The lowest BCUT2D eigenvalue weighted by Crippen LogP contribution is -2.40. The smallest absolute Gasteiger partial charge is 0.347 e. The molecule has 1 fully saturated rings. The highest BCUT2D eigenvalue weighted by Crippen LogP contribution is 2.40. The van der Waals surface area contributed by atoms with Crippen LogP contribution < -0.4 is 5.73 Å². The number of rotatable bonds is 5. The van der Waals surface area contributed by atoms with Gasteiger partial charge in [0.05, 0.1) is 17.8 Å². The van der Waals surface area contributed by atoms with Gasteiger partial charge in [0, 0.05) is 7.11 Å². The summed E-state index contributed by atoms with van der Waals surface area (Å²) in [7, 11) is 1.54. The summed E-state index contributed by atoms with van der Waals surface area (Å²) in [4.78, 5) is 16.0. The molecule has 112 valence electrons. The van der Waals surface area contributed by atoms with E-state index in [1.165, 1.54) is 24.9 Å². The Morgan fingerprint density at radius 2 is 2.20 bits per heavy atom. The minimum Gasteiger partial charge on any atom is -0.477 e. The summed E-state index contributed by atoms with van der Waals surface area (Å²) in [5.41, 5.74) is 6.51. The van der Waals surface area contributed by atoms with Crippen molar-refractivity contribution in [3.05, 3.63) is 15.6 Å². The molecule has 0 unspecified atom stereocenters. The summed E-state index contributed by atoms with van der Waals surface area (Å²) >= 11 is 1.21. The number of thiazole rings is 1. The summed E-state index contributed by atoms with van der Waals surface area (Å²) in [6.45, 7) is 2.42. The van der Waals surface area contributed by atoms with Crippen LogP contribution in [0.1, 0.15) is 59.4 Å². The van der Waals surface area contributed by atoms with Gasteiger partial charge in [-0.05, 0) is 31.6 Å². The predicted octanol–water partition coefficient (Wildman–Crippen LogP) is 2.74. The molecule has 20 heavy (non-hydrogen) atoms. The monoisotopic (exact) mass is 298 g/mol. The number of carbonyl (C=O) groups is 1. The first kappa shape index (κ1) is 15.4. The van der Waals surface area contributed by atoms with E-state index >= 15 is 0 Å². The van der Waals surface area contributed by atoms with Crippen molar-refractivity contribution in [3.63, 3.8) is 0 Å². The van der Waals surface area contributed by atoms with Crippen molar-refractivity contribution < 1.29 is 14.6 Å². The van der Waals surface area contributed by atoms with Crippen LogP contribution in [0.2, 0.25) is 0 Å². The molecule has 1 aliphatic carbocycles. The Bertz CT molecular complexity index is 479. The molecule has 0 aliphatic heterocycles. The molecule has 1 aromatic rings. The number of methoxy groups -OCH3 is 1. The van der Waals surface area contributed by atoms with Gasteiger partial charge in [0.15, 0.2) is 0 Å². The lowest BCUT2D eigenvalue weighted by Gasteiger charge is -2.35. The molecule has 1 heterocycles. The Balaban J connectivity index is 2.24. The van der Waals surface area contributed by atoms with E-state index in [0.29, 0.717) is 5.69 Å². The van der Waals surface area contributed by atoms with Gasteiger partial charge in [-0.2, -0.15) is 0 Å². The zero-order valence-corrected chi connectivity index (χ0v) is 12.8. The van der Waals surface area contributed by atoms with E-state index < -0.39 is 11.5 Å². The molecular formula is C14H22N2O3S. The zero-order valence-electron chi connectivity index (χ0n) is 12.0. The molecule has 1 aliphatic rings. The number of hydrogen-bond donors (Lipinski definition) is 2. The fraction of sp³-hybridized carbons (Fsp3) is 0.714. The van der Waals surface area contributed by atoms with Gasteiger partial charge in [0.25, 0.3) is 0 Å². The highest BCUT2D eigenvalue weighted by Gasteiger charge is 2.36. The number of nitrogens with two attached hydrogens (primary N) is 1. The van der Waals surface area contributed by atoms with Crippen molar-refractivity contribution in [2.75, 3.05) is 7.11 Å². The quantitative estimate of drug-likeness (QED) is 0.873. The van der Waals surface area contributed by atoms with Crippen molar-refractivity contribution >= 4 is 17.3 Å². The second-order valence-corrected chi connectivity index (χ2v) is 6.54. The molecular weight excluding hydrogens is 276 g/mol. The highest BCUT2D eigenvalue weighted by molar-refractivity contribution is 7.13. The van der Waals surface area contributed by atoms with E-state index in [1.807, 2.05) is 0 Å². The fourth-order valence-electron chi connectivity index (χ4n) is 2.78. The first-order chi connectivity index (χ1) is 9.50. The maximum Gasteiger partial charge on any atom is 0.347 e. The number of hydrogen-bond acceptors (Lipinski definition) is 5. The van der Waals surface area contributed by atoms with Crippen LogP contribution >= 0.6 is 11.3 Å². The molecule has 0 atom stereocenters. The SMILES string of the molecule is CCC1CCC(N)(c2nc(COC)c(C(=O)O)s2)CC1. The molecule has 0 amide bonds. The minimum atomic E-state index is -0.952. The first-order valence-corrected chi connectivity index (χ1v) is 7.83. The van der Waals surface area contributed by atoms with Crippen LogP contribution in [-0.2, 0) is 16.9 Å². The second-order valence-electron chi connectivity index (χ2n) is 5.54. The van der Waals surface area contributed by atoms with Crippen molar-refractivity contribution in [1.82, 2.24) is 4.98 Å². The Morgan fingerprint density at radius 3 is 2.70 bits per heavy atom. The molecule has 5 nitrogen and oxygen atoms in total. The largest absolute Gasteiger partial charge is 0.477 e. The van der Waals surface area contributed by atoms with Crippen molar-refractivity contribution in [1.29, 1.82) is 0 Å². The molecule has 1 saturated carbocycles. The molecule has 0 spiro atoms. The lowest BCUT2D eigenvalue weighted by molar-refractivity contribution is 0.0697. The van der Waals surface area contributed by atoms with E-state index in [2.05, 4.69) is 11.9 Å². The van der Waals surface area contributed by atoms with E-state index in [9.17, 15) is 9.90 Å². The molecule has 1 aromatic heterocycles. The van der Waals surface area contributed by atoms with Gasteiger partial charge in [0.2, 0.25) is 0 Å². The normalized spacial score (nSPS) is 26.6. The Labute approximate surface area is 123 Å². The fourth-order valence-corrected chi connectivity index (χ4v) is 3.85. The van der Waals surface area contributed by atoms with Crippen LogP contribution in [0.3, 0.4) is 0 Å². The number of ether oxygens (including phenoxy) is 1. The Kier molecular flexibility index (Phi) is 4.78. The Hall–Kier alpha value is -0.980. The standard InChI is InChI=1S/C14H22N2O3S/c1-3-9-4-6-14(15,7-5-9)13-16-10(8-19-2)11(20-13)12(17)18/h9H,3-8,15H2,1-2H3,(H,17,18). The number of aromatic nitrogens is 1. The van der Waals surface area contributed by atoms with Gasteiger partial charge in [-0.25, -0.2) is 9.78 Å². The van der Waals surface area contributed by atoms with Crippen LogP contribution in [0, 0.1) is 5.92 Å². The van der Waals surface area contributed by atoms with Crippen molar-refractivity contribution in [2.24, 2.45) is 11.7 Å². The van der Waals surface area contributed by atoms with Crippen LogP contribution in [-0.4, -0.2) is 23.2 Å². The maximum atomic E-state index is 11.3. The lowest BCUT2D eigenvalue weighted by atomic mass is 9.76. The summed E-state index contributed by atoms with van der Waals surface area (Å²) in [6.07, 6.45) is 5.13. The van der Waals surface area contributed by atoms with Gasteiger partial charge in [0.1, 0.15) is 9.88 Å². The first-order valence-electron chi connectivity index (χ1n) is 7.01. The summed E-state index contributed by atoms with van der Waals surface area (Å²) in [5.74, 6) is -0.212. The Morgan fingerprint density at radius 1 is 1.55 bits per heavy atom. The average molecular weight is 298 g/mol. The van der Waals surface area contributed by atoms with E-state index in [0.717, 1.165) is 36.6 Å².